The smallest absolute Gasteiger partial charge is 0.374 e. The minimum absolute atomic E-state index is 0.00345. The molecule has 1 aromatic carbocycles. The van der Waals surface area contributed by atoms with Gasteiger partial charge in [-0.25, -0.2) is 9.38 Å². The minimum Gasteiger partial charge on any atom is -0.374 e. The van der Waals surface area contributed by atoms with Gasteiger partial charge in [0.2, 0.25) is 11.3 Å². The molecule has 27 heavy (non-hydrogen) atoms. The van der Waals surface area contributed by atoms with Gasteiger partial charge in [0.25, 0.3) is 0 Å². The van der Waals surface area contributed by atoms with E-state index < -0.39 is 46.9 Å². The van der Waals surface area contributed by atoms with E-state index >= 15 is 0 Å². The summed E-state index contributed by atoms with van der Waals surface area (Å²) in [6, 6.07) is 1.73. The third-order valence-electron chi connectivity index (χ3n) is 3.17. The van der Waals surface area contributed by atoms with E-state index in [0.29, 0.717) is 16.7 Å². The van der Waals surface area contributed by atoms with Gasteiger partial charge >= 0.3 is 12.4 Å². The number of aliphatic hydroxyl groups is 1. The second kappa shape index (κ2) is 7.87. The highest BCUT2D eigenvalue weighted by Gasteiger charge is 2.40. The molecule has 1 heterocycles. The van der Waals surface area contributed by atoms with Crippen LogP contribution in [0.2, 0.25) is 0 Å². The topological polar surface area (TPSA) is 52.9 Å². The van der Waals surface area contributed by atoms with Crippen LogP contribution in [-0.2, 0) is 4.79 Å². The van der Waals surface area contributed by atoms with Crippen molar-refractivity contribution in [3.63, 3.8) is 0 Å². The van der Waals surface area contributed by atoms with Crippen LogP contribution in [-0.4, -0.2) is 51.2 Å². The molecule has 150 valence electrons. The Balaban J connectivity index is 2.36. The van der Waals surface area contributed by atoms with E-state index in [4.69, 9.17) is 5.11 Å². The number of alkyl halides is 6. The predicted molar refractivity (Wildman–Crippen MR) is 86.4 cm³/mol. The molecule has 1 aromatic rings. The number of amidine groups is 1. The fourth-order valence-electron chi connectivity index (χ4n) is 1.96. The normalized spacial score (nSPS) is 18.5. The van der Waals surface area contributed by atoms with Crippen LogP contribution in [0.5, 0.6) is 0 Å². The number of nitrogens with zero attached hydrogens (tertiary/aromatic N) is 2. The number of aryl methyl sites for hydroxylation is 1. The number of benzene rings is 1. The zero-order chi connectivity index (χ0) is 20.6. The van der Waals surface area contributed by atoms with E-state index in [1.807, 2.05) is 0 Å². The lowest BCUT2D eigenvalue weighted by atomic mass is 10.2. The summed E-state index contributed by atoms with van der Waals surface area (Å²) in [5, 5.41) is 8.73. The highest BCUT2D eigenvalue weighted by Crippen LogP contribution is 2.38. The first-order chi connectivity index (χ1) is 12.3. The number of halogens is 7. The van der Waals surface area contributed by atoms with Crippen molar-refractivity contribution in [1.82, 2.24) is 4.90 Å². The molecule has 1 saturated heterocycles. The molecule has 0 radical (unpaired) electrons. The maximum atomic E-state index is 14.1. The number of amides is 1. The Kier molecular flexibility index (Phi) is 6.37. The maximum absolute atomic E-state index is 14.1. The van der Waals surface area contributed by atoms with Gasteiger partial charge in [0.05, 0.1) is 5.75 Å². The van der Waals surface area contributed by atoms with Crippen molar-refractivity contribution in [3.05, 3.63) is 23.5 Å². The van der Waals surface area contributed by atoms with E-state index in [9.17, 15) is 35.5 Å². The van der Waals surface area contributed by atoms with Crippen molar-refractivity contribution in [2.24, 2.45) is 4.99 Å². The largest absolute Gasteiger partial charge is 0.424 e. The third-order valence-corrected chi connectivity index (χ3v) is 5.32. The number of carbonyl (C=O) groups excluding carboxylic acids is 1. The number of rotatable bonds is 4. The second-order valence-electron chi connectivity index (χ2n) is 5.36. The Bertz CT molecular complexity index is 765. The monoisotopic (exact) mass is 436 g/mol. The molecule has 0 bridgehead atoms. The molecule has 2 rings (SSSR count). The van der Waals surface area contributed by atoms with Crippen molar-refractivity contribution in [3.8, 4) is 0 Å². The predicted octanol–water partition coefficient (Wildman–Crippen LogP) is 4.23. The van der Waals surface area contributed by atoms with Crippen molar-refractivity contribution in [2.75, 3.05) is 12.3 Å². The van der Waals surface area contributed by atoms with Crippen LogP contribution in [0.1, 0.15) is 5.56 Å². The zero-order valence-electron chi connectivity index (χ0n) is 13.4. The van der Waals surface area contributed by atoms with E-state index in [-0.39, 0.29) is 28.0 Å². The summed E-state index contributed by atoms with van der Waals surface area (Å²) in [5.41, 5.74) is -3.24. The van der Waals surface area contributed by atoms with Gasteiger partial charge in [0.1, 0.15) is 18.0 Å². The molecule has 1 unspecified atom stereocenters. The summed E-state index contributed by atoms with van der Waals surface area (Å²) in [4.78, 5) is 15.4. The van der Waals surface area contributed by atoms with Gasteiger partial charge in [-0.05, 0) is 24.6 Å². The SMILES string of the molecule is Cc1cc(F)c(/N=C2\SCC(=O)N2CC(F)(F)F)cc1SC(O)C(F)(F)F. The van der Waals surface area contributed by atoms with E-state index in [2.05, 4.69) is 4.99 Å². The van der Waals surface area contributed by atoms with Crippen molar-refractivity contribution >= 4 is 40.3 Å². The van der Waals surface area contributed by atoms with Gasteiger partial charge < -0.3 is 5.11 Å². The fourth-order valence-corrected chi connectivity index (χ4v) is 3.65. The van der Waals surface area contributed by atoms with Crippen LogP contribution >= 0.6 is 23.5 Å². The molecule has 1 atom stereocenters. The van der Waals surface area contributed by atoms with Crippen molar-refractivity contribution in [2.45, 2.75) is 29.6 Å². The lowest BCUT2D eigenvalue weighted by molar-refractivity contribution is -0.173. The number of thioether (sulfide) groups is 2. The molecule has 1 fully saturated rings. The lowest BCUT2D eigenvalue weighted by Gasteiger charge is -2.18. The molecular weight excluding hydrogens is 425 g/mol. The number of aliphatic hydroxyl groups excluding tert-OH is 1. The Labute approximate surface area is 156 Å². The fraction of sp³-hybridized carbons (Fsp3) is 0.429. The first kappa shape index (κ1) is 21.8. The van der Waals surface area contributed by atoms with Crippen LogP contribution < -0.4 is 0 Å². The van der Waals surface area contributed by atoms with Gasteiger partial charge in [-0.2, -0.15) is 26.3 Å². The number of aliphatic imine (C=N–C) groups is 1. The Morgan fingerprint density at radius 1 is 1.30 bits per heavy atom. The second-order valence-corrected chi connectivity index (χ2v) is 7.42. The highest BCUT2D eigenvalue weighted by atomic mass is 32.2. The Morgan fingerprint density at radius 2 is 1.93 bits per heavy atom. The molecule has 1 aliphatic heterocycles. The molecule has 1 amide bonds. The van der Waals surface area contributed by atoms with Gasteiger partial charge in [-0.1, -0.05) is 23.5 Å². The Morgan fingerprint density at radius 3 is 2.48 bits per heavy atom. The summed E-state index contributed by atoms with van der Waals surface area (Å²) >= 11 is 0.651. The van der Waals surface area contributed by atoms with E-state index in [1.165, 1.54) is 6.92 Å². The van der Waals surface area contributed by atoms with E-state index in [0.717, 1.165) is 12.1 Å². The van der Waals surface area contributed by atoms with Gasteiger partial charge in [-0.3, -0.25) is 9.69 Å². The quantitative estimate of drug-likeness (QED) is 0.436. The molecule has 1 N–H and O–H groups in total. The van der Waals surface area contributed by atoms with Crippen LogP contribution in [0.3, 0.4) is 0 Å². The molecule has 0 aromatic heterocycles. The standard InChI is InChI=1S/C14H11F7N2O2S2/c1-6-2-7(15)8(3-9(6)27-11(25)14(19,20)21)22-12-23(5-13(16,17)18)10(24)4-26-12/h2-3,11,25H,4-5H2,1H3/b22-12-. The molecule has 0 spiro atoms. The molecule has 1 aliphatic rings. The molecule has 4 nitrogen and oxygen atoms in total. The number of hydrogen-bond donors (Lipinski definition) is 1. The van der Waals surface area contributed by atoms with Gasteiger partial charge in [0, 0.05) is 4.90 Å². The van der Waals surface area contributed by atoms with Crippen LogP contribution in [0.25, 0.3) is 0 Å². The van der Waals surface area contributed by atoms with Crippen molar-refractivity contribution in [1.29, 1.82) is 0 Å². The van der Waals surface area contributed by atoms with Crippen LogP contribution in [0.4, 0.5) is 36.4 Å². The third kappa shape index (κ3) is 5.75. The average Bonchev–Trinajstić information content (AvgIpc) is 2.82. The zero-order valence-corrected chi connectivity index (χ0v) is 15.0. The molecular formula is C14H11F7N2O2S2. The van der Waals surface area contributed by atoms with Crippen molar-refractivity contribution < 1.29 is 40.6 Å². The molecule has 0 aliphatic carbocycles. The first-order valence-electron chi connectivity index (χ1n) is 7.08. The Hall–Kier alpha value is -1.47. The summed E-state index contributed by atoms with van der Waals surface area (Å²) in [6.45, 7) is -0.311. The average molecular weight is 436 g/mol. The van der Waals surface area contributed by atoms with E-state index in [1.54, 1.807) is 0 Å². The number of hydrogen-bond acceptors (Lipinski definition) is 5. The van der Waals surface area contributed by atoms with Crippen LogP contribution in [0, 0.1) is 12.7 Å². The van der Waals surface area contributed by atoms with Gasteiger partial charge in [0.15, 0.2) is 5.17 Å². The molecule has 0 saturated carbocycles. The summed E-state index contributed by atoms with van der Waals surface area (Å²) in [6.07, 6.45) is -9.63. The maximum Gasteiger partial charge on any atom is 0.424 e. The summed E-state index contributed by atoms with van der Waals surface area (Å²) in [7, 11) is 0. The highest BCUT2D eigenvalue weighted by molar-refractivity contribution is 8.15. The van der Waals surface area contributed by atoms with Crippen LogP contribution in [0.15, 0.2) is 22.0 Å². The number of carbonyl (C=O) groups is 1. The lowest BCUT2D eigenvalue weighted by Crippen LogP contribution is -2.38. The van der Waals surface area contributed by atoms with Gasteiger partial charge in [-0.15, -0.1) is 0 Å². The first-order valence-corrected chi connectivity index (χ1v) is 8.94. The molecule has 13 heteroatoms. The summed E-state index contributed by atoms with van der Waals surface area (Å²) in [5.74, 6) is -2.18. The summed E-state index contributed by atoms with van der Waals surface area (Å²) < 4.78 is 89.3. The minimum atomic E-state index is -4.92.